The molecule has 72 valence electrons. The third kappa shape index (κ3) is 3.28. The van der Waals surface area contributed by atoms with E-state index in [-0.39, 0.29) is 6.61 Å². The van der Waals surface area contributed by atoms with Crippen molar-refractivity contribution in [3.05, 3.63) is 24.3 Å². The summed E-state index contributed by atoms with van der Waals surface area (Å²) in [6, 6.07) is 8.19. The number of para-hydroxylation sites is 1. The Kier molecular flexibility index (Phi) is 4.72. The lowest BCUT2D eigenvalue weighted by molar-refractivity contribution is 0.292. The highest BCUT2D eigenvalue weighted by Gasteiger charge is 1.97. The molecule has 0 bridgehead atoms. The maximum atomic E-state index is 8.63. The van der Waals surface area contributed by atoms with Crippen molar-refractivity contribution < 1.29 is 5.11 Å². The summed E-state index contributed by atoms with van der Waals surface area (Å²) in [5.41, 5.74) is 1.16. The minimum absolute atomic E-state index is 0.244. The number of thioether (sulfide) groups is 1. The summed E-state index contributed by atoms with van der Waals surface area (Å²) in [7, 11) is 0. The molecule has 0 radical (unpaired) electrons. The van der Waals surface area contributed by atoms with Gasteiger partial charge in [0, 0.05) is 23.7 Å². The van der Waals surface area contributed by atoms with Crippen LogP contribution in [-0.2, 0) is 0 Å². The minimum Gasteiger partial charge on any atom is -0.396 e. The van der Waals surface area contributed by atoms with Crippen LogP contribution >= 0.6 is 11.8 Å². The van der Waals surface area contributed by atoms with Crippen molar-refractivity contribution in [1.82, 2.24) is 0 Å². The Morgan fingerprint density at radius 2 is 2.15 bits per heavy atom. The van der Waals surface area contributed by atoms with Gasteiger partial charge in [0.2, 0.25) is 0 Å². The molecule has 1 aromatic rings. The summed E-state index contributed by atoms with van der Waals surface area (Å²) in [6.07, 6.45) is 2.86. The first-order chi connectivity index (χ1) is 6.38. The van der Waals surface area contributed by atoms with Gasteiger partial charge in [-0.15, -0.1) is 11.8 Å². The van der Waals surface area contributed by atoms with Gasteiger partial charge in [0.05, 0.1) is 0 Å². The monoisotopic (exact) mass is 197 g/mol. The molecule has 0 saturated heterocycles. The second-order valence-corrected chi connectivity index (χ2v) is 3.55. The summed E-state index contributed by atoms with van der Waals surface area (Å²) in [4.78, 5) is 1.25. The maximum Gasteiger partial charge on any atom is 0.0478 e. The van der Waals surface area contributed by atoms with Gasteiger partial charge in [-0.1, -0.05) is 12.1 Å². The Morgan fingerprint density at radius 3 is 2.85 bits per heavy atom. The Morgan fingerprint density at radius 1 is 1.38 bits per heavy atom. The van der Waals surface area contributed by atoms with E-state index in [0.29, 0.717) is 0 Å². The van der Waals surface area contributed by atoms with E-state index in [1.165, 1.54) is 4.90 Å². The topological polar surface area (TPSA) is 32.3 Å². The SMILES string of the molecule is CSc1ccccc1NCCCO. The van der Waals surface area contributed by atoms with Crippen LogP contribution in [-0.4, -0.2) is 24.5 Å². The van der Waals surface area contributed by atoms with Gasteiger partial charge >= 0.3 is 0 Å². The average molecular weight is 197 g/mol. The second-order valence-electron chi connectivity index (χ2n) is 2.70. The van der Waals surface area contributed by atoms with Crippen LogP contribution in [0.2, 0.25) is 0 Å². The quantitative estimate of drug-likeness (QED) is 0.560. The number of rotatable bonds is 5. The molecule has 2 nitrogen and oxygen atoms in total. The van der Waals surface area contributed by atoms with Gasteiger partial charge in [-0.3, -0.25) is 0 Å². The Bertz CT molecular complexity index is 252. The molecule has 0 aliphatic rings. The molecule has 0 unspecified atom stereocenters. The molecule has 1 aromatic carbocycles. The van der Waals surface area contributed by atoms with Crippen molar-refractivity contribution in [2.75, 3.05) is 24.7 Å². The van der Waals surface area contributed by atoms with Crippen LogP contribution in [0.1, 0.15) is 6.42 Å². The fraction of sp³-hybridized carbons (Fsp3) is 0.400. The van der Waals surface area contributed by atoms with Crippen molar-refractivity contribution in [1.29, 1.82) is 0 Å². The summed E-state index contributed by atoms with van der Waals surface area (Å²) in [6.45, 7) is 1.07. The molecular weight excluding hydrogens is 182 g/mol. The van der Waals surface area contributed by atoms with Crippen LogP contribution < -0.4 is 5.32 Å². The van der Waals surface area contributed by atoms with E-state index in [2.05, 4.69) is 23.7 Å². The van der Waals surface area contributed by atoms with Crippen LogP contribution in [0.5, 0.6) is 0 Å². The van der Waals surface area contributed by atoms with Gasteiger partial charge in [0.25, 0.3) is 0 Å². The number of hydrogen-bond acceptors (Lipinski definition) is 3. The molecule has 0 aliphatic heterocycles. The Labute approximate surface area is 83.4 Å². The first kappa shape index (κ1) is 10.4. The molecule has 0 aromatic heterocycles. The Balaban J connectivity index is 2.54. The summed E-state index contributed by atoms with van der Waals surface area (Å²) in [5.74, 6) is 0. The summed E-state index contributed by atoms with van der Waals surface area (Å²) < 4.78 is 0. The zero-order valence-electron chi connectivity index (χ0n) is 7.79. The van der Waals surface area contributed by atoms with Gasteiger partial charge in [-0.25, -0.2) is 0 Å². The molecule has 0 fully saturated rings. The number of hydrogen-bond donors (Lipinski definition) is 2. The van der Waals surface area contributed by atoms with Gasteiger partial charge in [-0.05, 0) is 24.8 Å². The molecular formula is C10H15NOS. The molecule has 2 N–H and O–H groups in total. The molecule has 0 heterocycles. The Hall–Kier alpha value is -0.670. The zero-order valence-corrected chi connectivity index (χ0v) is 8.60. The smallest absolute Gasteiger partial charge is 0.0478 e. The predicted octanol–water partition coefficient (Wildman–Crippen LogP) is 2.20. The lowest BCUT2D eigenvalue weighted by atomic mass is 10.3. The van der Waals surface area contributed by atoms with Crippen LogP contribution in [0.3, 0.4) is 0 Å². The van der Waals surface area contributed by atoms with E-state index in [4.69, 9.17) is 5.11 Å². The van der Waals surface area contributed by atoms with Gasteiger partial charge in [0.1, 0.15) is 0 Å². The molecule has 0 saturated carbocycles. The fourth-order valence-corrected chi connectivity index (χ4v) is 1.67. The molecule has 0 atom stereocenters. The highest BCUT2D eigenvalue weighted by Crippen LogP contribution is 2.24. The lowest BCUT2D eigenvalue weighted by Gasteiger charge is -2.08. The summed E-state index contributed by atoms with van der Waals surface area (Å²) >= 11 is 1.73. The van der Waals surface area contributed by atoms with E-state index >= 15 is 0 Å². The molecule has 0 amide bonds. The molecule has 0 spiro atoms. The number of benzene rings is 1. The first-order valence-electron chi connectivity index (χ1n) is 4.36. The molecule has 1 rings (SSSR count). The molecule has 3 heteroatoms. The van der Waals surface area contributed by atoms with E-state index in [1.807, 2.05) is 12.1 Å². The fourth-order valence-electron chi connectivity index (χ4n) is 1.09. The van der Waals surface area contributed by atoms with E-state index in [9.17, 15) is 0 Å². The predicted molar refractivity (Wildman–Crippen MR) is 58.4 cm³/mol. The van der Waals surface area contributed by atoms with E-state index < -0.39 is 0 Å². The van der Waals surface area contributed by atoms with Crippen molar-refractivity contribution in [3.63, 3.8) is 0 Å². The van der Waals surface area contributed by atoms with Crippen molar-refractivity contribution in [3.8, 4) is 0 Å². The van der Waals surface area contributed by atoms with Crippen molar-refractivity contribution >= 4 is 17.4 Å². The van der Waals surface area contributed by atoms with Crippen LogP contribution in [0.25, 0.3) is 0 Å². The standard InChI is InChI=1S/C10H15NOS/c1-13-10-6-3-2-5-9(10)11-7-4-8-12/h2-3,5-6,11-12H,4,7-8H2,1H3. The largest absolute Gasteiger partial charge is 0.396 e. The van der Waals surface area contributed by atoms with Crippen LogP contribution in [0.4, 0.5) is 5.69 Å². The molecule has 0 aliphatic carbocycles. The first-order valence-corrected chi connectivity index (χ1v) is 5.58. The maximum absolute atomic E-state index is 8.63. The second kappa shape index (κ2) is 5.89. The van der Waals surface area contributed by atoms with Gasteiger partial charge in [0.15, 0.2) is 0 Å². The number of aliphatic hydroxyl groups is 1. The van der Waals surface area contributed by atoms with E-state index in [1.54, 1.807) is 11.8 Å². The minimum atomic E-state index is 0.244. The normalized spacial score (nSPS) is 10.0. The van der Waals surface area contributed by atoms with Crippen LogP contribution in [0.15, 0.2) is 29.2 Å². The van der Waals surface area contributed by atoms with E-state index in [0.717, 1.165) is 18.7 Å². The zero-order chi connectivity index (χ0) is 9.52. The third-order valence-corrected chi connectivity index (χ3v) is 2.55. The van der Waals surface area contributed by atoms with Crippen molar-refractivity contribution in [2.45, 2.75) is 11.3 Å². The highest BCUT2D eigenvalue weighted by atomic mass is 32.2. The third-order valence-electron chi connectivity index (χ3n) is 1.76. The number of nitrogens with one attached hydrogen (secondary N) is 1. The summed E-state index contributed by atoms with van der Waals surface area (Å²) in [5, 5.41) is 11.9. The molecule has 13 heavy (non-hydrogen) atoms. The highest BCUT2D eigenvalue weighted by molar-refractivity contribution is 7.98. The van der Waals surface area contributed by atoms with Gasteiger partial charge in [-0.2, -0.15) is 0 Å². The number of anilines is 1. The average Bonchev–Trinajstić information content (AvgIpc) is 2.19. The lowest BCUT2D eigenvalue weighted by Crippen LogP contribution is -2.03. The van der Waals surface area contributed by atoms with Gasteiger partial charge < -0.3 is 10.4 Å². The number of aliphatic hydroxyl groups excluding tert-OH is 1. The van der Waals surface area contributed by atoms with Crippen molar-refractivity contribution in [2.24, 2.45) is 0 Å². The van der Waals surface area contributed by atoms with Crippen LogP contribution in [0, 0.1) is 0 Å².